The molecule has 1 aromatic carbocycles. The Labute approximate surface area is 114 Å². The van der Waals surface area contributed by atoms with Crippen molar-refractivity contribution in [3.63, 3.8) is 0 Å². The summed E-state index contributed by atoms with van der Waals surface area (Å²) in [4.78, 5) is 10.5. The van der Waals surface area contributed by atoms with Crippen LogP contribution in [0.4, 0.5) is 17.6 Å². The second-order valence-corrected chi connectivity index (χ2v) is 4.68. The van der Waals surface area contributed by atoms with Crippen LogP contribution in [0.15, 0.2) is 30.3 Å². The lowest BCUT2D eigenvalue weighted by atomic mass is 10.1. The molecule has 0 aliphatic heterocycles. The summed E-state index contributed by atoms with van der Waals surface area (Å²) >= 11 is 0.454. The predicted octanol–water partition coefficient (Wildman–Crippen LogP) is 4.15. The Morgan fingerprint density at radius 1 is 1.20 bits per heavy atom. The Morgan fingerprint density at radius 2 is 1.80 bits per heavy atom. The fraction of sp³-hybridized carbons (Fsp3) is 0.0833. The number of thiophene rings is 1. The Kier molecular flexibility index (Phi) is 3.67. The van der Waals surface area contributed by atoms with Crippen LogP contribution in [0.3, 0.4) is 0 Å². The van der Waals surface area contributed by atoms with Crippen molar-refractivity contribution in [1.82, 2.24) is 0 Å². The summed E-state index contributed by atoms with van der Waals surface area (Å²) in [5.74, 6) is -1.70. The zero-order valence-electron chi connectivity index (χ0n) is 9.57. The van der Waals surface area contributed by atoms with Crippen molar-refractivity contribution >= 4 is 17.3 Å². The molecule has 0 aliphatic carbocycles. The molecular formula is C12H6F4O3S. The molecule has 0 spiro atoms. The molecule has 0 unspecified atom stereocenters. The number of hydrogen-bond donors (Lipinski definition) is 1. The second kappa shape index (κ2) is 5.12. The van der Waals surface area contributed by atoms with Gasteiger partial charge in [0.15, 0.2) is 5.13 Å². The summed E-state index contributed by atoms with van der Waals surface area (Å²) < 4.78 is 53.2. The zero-order chi connectivity index (χ0) is 14.9. The first-order valence-electron chi connectivity index (χ1n) is 5.15. The van der Waals surface area contributed by atoms with Crippen LogP contribution >= 0.6 is 11.3 Å². The normalized spacial score (nSPS) is 11.4. The summed E-state index contributed by atoms with van der Waals surface area (Å²) in [6.45, 7) is 0. The molecule has 0 saturated carbocycles. The lowest BCUT2D eigenvalue weighted by molar-refractivity contribution is -0.274. The van der Waals surface area contributed by atoms with Crippen molar-refractivity contribution in [2.45, 2.75) is 6.36 Å². The molecule has 1 aromatic heterocycles. The van der Waals surface area contributed by atoms with Gasteiger partial charge >= 0.3 is 12.3 Å². The lowest BCUT2D eigenvalue weighted by Gasteiger charge is -2.08. The summed E-state index contributed by atoms with van der Waals surface area (Å²) in [7, 11) is 0. The third-order valence-electron chi connectivity index (χ3n) is 2.30. The molecule has 0 saturated heterocycles. The first kappa shape index (κ1) is 14.3. The quantitative estimate of drug-likeness (QED) is 0.866. The van der Waals surface area contributed by atoms with Crippen LogP contribution in [0.2, 0.25) is 0 Å². The molecule has 2 aromatic rings. The number of alkyl halides is 3. The van der Waals surface area contributed by atoms with Gasteiger partial charge in [-0.2, -0.15) is 4.39 Å². The van der Waals surface area contributed by atoms with Gasteiger partial charge in [-0.05, 0) is 23.8 Å². The van der Waals surface area contributed by atoms with Gasteiger partial charge in [0.1, 0.15) is 10.6 Å². The molecule has 20 heavy (non-hydrogen) atoms. The Morgan fingerprint density at radius 3 is 2.25 bits per heavy atom. The first-order valence-corrected chi connectivity index (χ1v) is 5.97. The molecule has 0 amide bonds. The second-order valence-electron chi connectivity index (χ2n) is 3.68. The van der Waals surface area contributed by atoms with Gasteiger partial charge in [0.25, 0.3) is 0 Å². The summed E-state index contributed by atoms with van der Waals surface area (Å²) in [5, 5.41) is 8.02. The van der Waals surface area contributed by atoms with Gasteiger partial charge < -0.3 is 9.84 Å². The standard InChI is InChI=1S/C12H6F4O3S/c13-10-8(5-9(20-10)11(17)18)6-1-3-7(4-2-6)19-12(14,15)16/h1-5H,(H,17,18). The number of ether oxygens (including phenoxy) is 1. The number of halogens is 4. The molecule has 0 aliphatic rings. The van der Waals surface area contributed by atoms with Crippen LogP contribution in [-0.2, 0) is 0 Å². The summed E-state index contributed by atoms with van der Waals surface area (Å²) in [6.07, 6.45) is -4.80. The van der Waals surface area contributed by atoms with E-state index in [-0.39, 0.29) is 16.0 Å². The van der Waals surface area contributed by atoms with Crippen molar-refractivity contribution < 1.29 is 32.2 Å². The molecule has 1 N–H and O–H groups in total. The minimum Gasteiger partial charge on any atom is -0.477 e. The largest absolute Gasteiger partial charge is 0.573 e. The third kappa shape index (κ3) is 3.27. The third-order valence-corrected chi connectivity index (χ3v) is 3.21. The number of benzene rings is 1. The van der Waals surface area contributed by atoms with Crippen molar-refractivity contribution in [2.24, 2.45) is 0 Å². The van der Waals surface area contributed by atoms with Gasteiger partial charge in [0.2, 0.25) is 0 Å². The maximum Gasteiger partial charge on any atom is 0.573 e. The maximum absolute atomic E-state index is 13.6. The van der Waals surface area contributed by atoms with E-state index in [2.05, 4.69) is 4.74 Å². The highest BCUT2D eigenvalue weighted by atomic mass is 32.1. The summed E-state index contributed by atoms with van der Waals surface area (Å²) in [6, 6.07) is 5.62. The van der Waals surface area contributed by atoms with Crippen LogP contribution in [0, 0.1) is 5.13 Å². The number of carboxylic acids is 1. The fourth-order valence-corrected chi connectivity index (χ4v) is 2.25. The Bertz CT molecular complexity index is 631. The van der Waals surface area contributed by atoms with Crippen LogP contribution in [0.5, 0.6) is 5.75 Å². The highest BCUT2D eigenvalue weighted by molar-refractivity contribution is 7.12. The van der Waals surface area contributed by atoms with Gasteiger partial charge in [-0.25, -0.2) is 4.79 Å². The minimum absolute atomic E-state index is 0.0194. The van der Waals surface area contributed by atoms with Gasteiger partial charge in [-0.3, -0.25) is 0 Å². The van der Waals surface area contributed by atoms with Crippen molar-refractivity contribution in [1.29, 1.82) is 0 Å². The van der Waals surface area contributed by atoms with Crippen LogP contribution in [0.25, 0.3) is 11.1 Å². The molecule has 0 atom stereocenters. The van der Waals surface area contributed by atoms with Crippen LogP contribution in [-0.4, -0.2) is 17.4 Å². The van der Waals surface area contributed by atoms with Crippen LogP contribution < -0.4 is 4.74 Å². The number of carboxylic acid groups (broad SMARTS) is 1. The first-order chi connectivity index (χ1) is 9.26. The van der Waals surface area contributed by atoms with E-state index in [0.717, 1.165) is 18.2 Å². The minimum atomic E-state index is -4.80. The Hall–Kier alpha value is -2.09. The van der Waals surface area contributed by atoms with Gasteiger partial charge in [-0.1, -0.05) is 23.5 Å². The zero-order valence-corrected chi connectivity index (χ0v) is 10.4. The molecule has 2 rings (SSSR count). The number of rotatable bonds is 3. The average Bonchev–Trinajstić information content (AvgIpc) is 2.70. The van der Waals surface area contributed by atoms with E-state index in [4.69, 9.17) is 5.11 Å². The molecule has 0 fully saturated rings. The smallest absolute Gasteiger partial charge is 0.477 e. The van der Waals surface area contributed by atoms with E-state index in [1.54, 1.807) is 0 Å². The molecule has 106 valence electrons. The van der Waals surface area contributed by atoms with Crippen molar-refractivity contribution in [2.75, 3.05) is 0 Å². The van der Waals surface area contributed by atoms with Gasteiger partial charge in [0.05, 0.1) is 0 Å². The molecule has 3 nitrogen and oxygen atoms in total. The Balaban J connectivity index is 2.28. The number of hydrogen-bond acceptors (Lipinski definition) is 3. The monoisotopic (exact) mass is 306 g/mol. The molecule has 0 bridgehead atoms. The molecule has 8 heteroatoms. The lowest BCUT2D eigenvalue weighted by Crippen LogP contribution is -2.16. The highest BCUT2D eigenvalue weighted by Crippen LogP contribution is 2.32. The van der Waals surface area contributed by atoms with E-state index in [9.17, 15) is 22.4 Å². The van der Waals surface area contributed by atoms with E-state index in [1.807, 2.05) is 0 Å². The molecular weight excluding hydrogens is 300 g/mol. The maximum atomic E-state index is 13.6. The highest BCUT2D eigenvalue weighted by Gasteiger charge is 2.31. The average molecular weight is 306 g/mol. The fourth-order valence-electron chi connectivity index (χ4n) is 1.51. The van der Waals surface area contributed by atoms with E-state index >= 15 is 0 Å². The van der Waals surface area contributed by atoms with Gasteiger partial charge in [0, 0.05) is 5.56 Å². The van der Waals surface area contributed by atoms with E-state index in [1.165, 1.54) is 12.1 Å². The van der Waals surface area contributed by atoms with Crippen molar-refractivity contribution in [3.8, 4) is 16.9 Å². The van der Waals surface area contributed by atoms with Crippen LogP contribution in [0.1, 0.15) is 9.67 Å². The number of aromatic carboxylic acids is 1. The van der Waals surface area contributed by atoms with E-state index in [0.29, 0.717) is 11.3 Å². The number of carbonyl (C=O) groups is 1. The van der Waals surface area contributed by atoms with Gasteiger partial charge in [-0.15, -0.1) is 13.2 Å². The molecule has 0 radical (unpaired) electrons. The van der Waals surface area contributed by atoms with E-state index < -0.39 is 23.2 Å². The summed E-state index contributed by atoms with van der Waals surface area (Å²) in [5.41, 5.74) is 0.284. The molecule has 1 heterocycles. The van der Waals surface area contributed by atoms with Crippen molar-refractivity contribution in [3.05, 3.63) is 40.3 Å². The topological polar surface area (TPSA) is 46.5 Å². The predicted molar refractivity (Wildman–Crippen MR) is 63.4 cm³/mol. The SMILES string of the molecule is O=C(O)c1cc(-c2ccc(OC(F)(F)F)cc2)c(F)s1.